The van der Waals surface area contributed by atoms with Crippen molar-refractivity contribution in [1.29, 1.82) is 0 Å². The highest BCUT2D eigenvalue weighted by molar-refractivity contribution is 7.96. The molecule has 0 spiro atoms. The number of benzene rings is 2. The van der Waals surface area contributed by atoms with Crippen molar-refractivity contribution in [2.24, 2.45) is 0 Å². The van der Waals surface area contributed by atoms with Crippen molar-refractivity contribution < 1.29 is 13.2 Å². The molecular formula is C21H18ClNO3S. The van der Waals surface area contributed by atoms with E-state index < -0.39 is 21.2 Å². The molecule has 2 aliphatic heterocycles. The fourth-order valence-corrected chi connectivity index (χ4v) is 5.54. The molecular weight excluding hydrogens is 382 g/mol. The van der Waals surface area contributed by atoms with Gasteiger partial charge < -0.3 is 4.90 Å². The summed E-state index contributed by atoms with van der Waals surface area (Å²) in [6.07, 6.45) is 1.58. The van der Waals surface area contributed by atoms with Gasteiger partial charge >= 0.3 is 0 Å². The number of halogens is 1. The molecule has 2 heterocycles. The maximum Gasteiger partial charge on any atom is 0.212 e. The van der Waals surface area contributed by atoms with Crippen LogP contribution in [0, 0.1) is 6.92 Å². The summed E-state index contributed by atoms with van der Waals surface area (Å²) in [5.74, 6) is -0.435. The molecule has 2 aromatic carbocycles. The van der Waals surface area contributed by atoms with E-state index in [-0.39, 0.29) is 9.80 Å². The number of anilines is 1. The van der Waals surface area contributed by atoms with E-state index in [1.165, 1.54) is 12.1 Å². The Morgan fingerprint density at radius 3 is 2.30 bits per heavy atom. The van der Waals surface area contributed by atoms with Gasteiger partial charge in [-0.2, -0.15) is 0 Å². The number of fused-ring (bicyclic) bond motifs is 3. The van der Waals surface area contributed by atoms with Crippen molar-refractivity contribution in [1.82, 2.24) is 0 Å². The molecule has 27 heavy (non-hydrogen) atoms. The Bertz CT molecular complexity index is 1140. The highest BCUT2D eigenvalue weighted by Crippen LogP contribution is 2.48. The minimum absolute atomic E-state index is 0.102. The molecule has 2 aromatic rings. The van der Waals surface area contributed by atoms with Gasteiger partial charge in [0.05, 0.1) is 21.3 Å². The van der Waals surface area contributed by atoms with Gasteiger partial charge in [-0.3, -0.25) is 4.79 Å². The van der Waals surface area contributed by atoms with Gasteiger partial charge in [0.25, 0.3) is 0 Å². The lowest BCUT2D eigenvalue weighted by atomic mass is 9.97. The van der Waals surface area contributed by atoms with E-state index in [0.29, 0.717) is 10.7 Å². The number of carbonyl (C=O) groups is 1. The lowest BCUT2D eigenvalue weighted by Crippen LogP contribution is -2.45. The number of rotatable bonds is 2. The zero-order valence-corrected chi connectivity index (χ0v) is 16.7. The quantitative estimate of drug-likeness (QED) is 0.749. The van der Waals surface area contributed by atoms with Crippen LogP contribution in [0.5, 0.6) is 0 Å². The fourth-order valence-electron chi connectivity index (χ4n) is 3.62. The summed E-state index contributed by atoms with van der Waals surface area (Å²) in [5, 5.41) is 0.416. The SMILES string of the molecule is Cc1ccc(S(=O)(=O)C2=C3C=C(Cl)c4ccccc4N3C(C)(C)C2=O)cc1. The molecule has 0 saturated carbocycles. The number of ketones is 1. The molecule has 4 rings (SSSR count). The molecule has 6 heteroatoms. The van der Waals surface area contributed by atoms with Crippen molar-refractivity contribution >= 4 is 37.9 Å². The summed E-state index contributed by atoms with van der Waals surface area (Å²) in [4.78, 5) is 14.9. The summed E-state index contributed by atoms with van der Waals surface area (Å²) in [7, 11) is -3.99. The smallest absolute Gasteiger partial charge is 0.212 e. The van der Waals surface area contributed by atoms with Gasteiger partial charge in [0.2, 0.25) is 15.6 Å². The fraction of sp³-hybridized carbons (Fsp3) is 0.190. The van der Waals surface area contributed by atoms with E-state index in [1.54, 1.807) is 37.0 Å². The summed E-state index contributed by atoms with van der Waals surface area (Å²) >= 11 is 6.43. The minimum Gasteiger partial charge on any atom is -0.326 e. The number of carbonyl (C=O) groups excluding carboxylic acids is 1. The molecule has 0 fully saturated rings. The van der Waals surface area contributed by atoms with Crippen molar-refractivity contribution in [2.75, 3.05) is 4.90 Å². The predicted molar refractivity (Wildman–Crippen MR) is 107 cm³/mol. The zero-order chi connectivity index (χ0) is 19.6. The number of para-hydroxylation sites is 1. The van der Waals surface area contributed by atoms with Gasteiger partial charge in [-0.25, -0.2) is 8.42 Å². The van der Waals surface area contributed by atoms with Crippen LogP contribution in [0.1, 0.15) is 25.0 Å². The number of hydrogen-bond donors (Lipinski definition) is 0. The first kappa shape index (κ1) is 18.0. The molecule has 0 radical (unpaired) electrons. The molecule has 0 N–H and O–H groups in total. The molecule has 0 atom stereocenters. The molecule has 2 aliphatic rings. The summed E-state index contributed by atoms with van der Waals surface area (Å²) < 4.78 is 26.7. The van der Waals surface area contributed by atoms with Crippen LogP contribution in [-0.4, -0.2) is 19.7 Å². The Labute approximate surface area is 163 Å². The number of allylic oxidation sites excluding steroid dienone is 1. The van der Waals surface area contributed by atoms with Crippen molar-refractivity contribution in [3.05, 3.63) is 76.3 Å². The first-order valence-corrected chi connectivity index (χ1v) is 10.4. The maximum atomic E-state index is 13.3. The molecule has 0 bridgehead atoms. The van der Waals surface area contributed by atoms with Crippen LogP contribution in [0.3, 0.4) is 0 Å². The normalized spacial score (nSPS) is 18.3. The summed E-state index contributed by atoms with van der Waals surface area (Å²) in [5.41, 5.74) is 1.74. The van der Waals surface area contributed by atoms with E-state index in [4.69, 9.17) is 11.6 Å². The molecule has 0 amide bonds. The molecule has 4 nitrogen and oxygen atoms in total. The molecule has 0 unspecified atom stereocenters. The van der Waals surface area contributed by atoms with Gasteiger partial charge in [-0.1, -0.05) is 47.5 Å². The highest BCUT2D eigenvalue weighted by Gasteiger charge is 2.52. The average molecular weight is 400 g/mol. The number of sulfone groups is 1. The van der Waals surface area contributed by atoms with Gasteiger partial charge in [-0.15, -0.1) is 0 Å². The average Bonchev–Trinajstić information content (AvgIpc) is 2.82. The third kappa shape index (κ3) is 2.49. The Kier molecular flexibility index (Phi) is 3.88. The Hall–Kier alpha value is -2.37. The minimum atomic E-state index is -3.99. The summed E-state index contributed by atoms with van der Waals surface area (Å²) in [6.45, 7) is 5.35. The number of nitrogens with zero attached hydrogens (tertiary/aromatic N) is 1. The molecule has 0 saturated heterocycles. The Morgan fingerprint density at radius 2 is 1.63 bits per heavy atom. The highest BCUT2D eigenvalue weighted by atomic mass is 35.5. The number of hydrogen-bond acceptors (Lipinski definition) is 4. The second kappa shape index (κ2) is 5.81. The van der Waals surface area contributed by atoms with Crippen LogP contribution < -0.4 is 4.90 Å². The molecule has 0 aromatic heterocycles. The third-order valence-electron chi connectivity index (χ3n) is 5.06. The van der Waals surface area contributed by atoms with Crippen molar-refractivity contribution in [3.8, 4) is 0 Å². The Balaban J connectivity index is 2.01. The second-order valence-corrected chi connectivity index (χ2v) is 9.56. The Morgan fingerprint density at radius 1 is 1.00 bits per heavy atom. The van der Waals surface area contributed by atoms with E-state index >= 15 is 0 Å². The first-order valence-electron chi connectivity index (χ1n) is 8.53. The van der Waals surface area contributed by atoms with Gasteiger partial charge in [0.15, 0.2) is 0 Å². The van der Waals surface area contributed by atoms with Gasteiger partial charge in [0.1, 0.15) is 10.4 Å². The molecule has 0 aliphatic carbocycles. The summed E-state index contributed by atoms with van der Waals surface area (Å²) in [6, 6.07) is 13.9. The van der Waals surface area contributed by atoms with Crippen LogP contribution in [-0.2, 0) is 14.6 Å². The first-order chi connectivity index (χ1) is 12.7. The topological polar surface area (TPSA) is 54.5 Å². The monoisotopic (exact) mass is 399 g/mol. The van der Waals surface area contributed by atoms with E-state index in [1.807, 2.05) is 31.2 Å². The van der Waals surface area contributed by atoms with Gasteiger partial charge in [-0.05, 0) is 45.0 Å². The third-order valence-corrected chi connectivity index (χ3v) is 7.20. The van der Waals surface area contributed by atoms with Gasteiger partial charge in [0, 0.05) is 5.56 Å². The van der Waals surface area contributed by atoms with Crippen LogP contribution in [0.2, 0.25) is 0 Å². The number of aryl methyl sites for hydroxylation is 1. The largest absolute Gasteiger partial charge is 0.326 e. The van der Waals surface area contributed by atoms with Crippen LogP contribution in [0.15, 0.2) is 70.1 Å². The van der Waals surface area contributed by atoms with Crippen LogP contribution in [0.4, 0.5) is 5.69 Å². The lowest BCUT2D eigenvalue weighted by Gasteiger charge is -2.37. The predicted octanol–water partition coefficient (Wildman–Crippen LogP) is 4.44. The van der Waals surface area contributed by atoms with Crippen molar-refractivity contribution in [3.63, 3.8) is 0 Å². The van der Waals surface area contributed by atoms with E-state index in [9.17, 15) is 13.2 Å². The van der Waals surface area contributed by atoms with Crippen LogP contribution >= 0.6 is 11.6 Å². The number of Topliss-reactive ketones (excluding diaryl/α,β-unsaturated/α-hetero) is 1. The van der Waals surface area contributed by atoms with Crippen LogP contribution in [0.25, 0.3) is 5.03 Å². The lowest BCUT2D eigenvalue weighted by molar-refractivity contribution is -0.117. The van der Waals surface area contributed by atoms with E-state index in [0.717, 1.165) is 16.8 Å². The second-order valence-electron chi connectivity index (χ2n) is 7.26. The standard InChI is InChI=1S/C21H18ClNO3S/c1-13-8-10-14(11-9-13)27(25,26)19-18-12-16(22)15-6-4-5-7-17(15)23(18)21(2,3)20(19)24/h4-12H,1-3H3. The molecule has 138 valence electrons. The zero-order valence-electron chi connectivity index (χ0n) is 15.2. The van der Waals surface area contributed by atoms with Crippen molar-refractivity contribution in [2.45, 2.75) is 31.2 Å². The maximum absolute atomic E-state index is 13.3. The van der Waals surface area contributed by atoms with E-state index in [2.05, 4.69) is 0 Å².